The van der Waals surface area contributed by atoms with Crippen molar-refractivity contribution in [1.82, 2.24) is 0 Å². The van der Waals surface area contributed by atoms with E-state index in [1.807, 2.05) is 21.1 Å². The van der Waals surface area contributed by atoms with Gasteiger partial charge in [0.1, 0.15) is 6.61 Å². The zero-order valence-corrected chi connectivity index (χ0v) is 35.5. The van der Waals surface area contributed by atoms with Crippen LogP contribution in [-0.2, 0) is 28.6 Å². The monoisotopic (exact) mass is 753 g/mol. The topological polar surface area (TPSA) is 99.1 Å². The lowest BCUT2D eigenvalue weighted by molar-refractivity contribution is -0.887. The van der Waals surface area contributed by atoms with Gasteiger partial charge in [0.15, 0.2) is 12.1 Å². The zero-order valence-electron chi connectivity index (χ0n) is 35.5. The van der Waals surface area contributed by atoms with Crippen LogP contribution in [0.25, 0.3) is 0 Å². The Morgan fingerprint density at radius 1 is 0.547 bits per heavy atom. The fourth-order valence-electron chi connectivity index (χ4n) is 6.67. The van der Waals surface area contributed by atoms with Crippen molar-refractivity contribution >= 4 is 17.9 Å². The second-order valence-corrected chi connectivity index (χ2v) is 16.3. The minimum atomic E-state index is -0.875. The van der Waals surface area contributed by atoms with E-state index in [1.54, 1.807) is 0 Å². The standard InChI is InChI=1S/C45H85NO7/c1-6-8-10-12-14-16-18-20-21-22-24-25-27-29-31-33-35-43(47)52-40-41(39-51-38-37-42(45(49)50)46(3,4)5)53-44(48)36-34-32-30-28-26-23-19-17-15-13-11-9-7-2/h23,26,41-42H,6-22,24-25,27-40H2,1-5H3/p+1/b26-23+. The lowest BCUT2D eigenvalue weighted by Crippen LogP contribution is -2.50. The minimum absolute atomic E-state index is 0.0511. The van der Waals surface area contributed by atoms with E-state index in [0.717, 1.165) is 51.4 Å². The van der Waals surface area contributed by atoms with Gasteiger partial charge < -0.3 is 23.8 Å². The van der Waals surface area contributed by atoms with Crippen molar-refractivity contribution in [2.75, 3.05) is 41.0 Å². The van der Waals surface area contributed by atoms with E-state index < -0.39 is 18.1 Å². The maximum Gasteiger partial charge on any atom is 0.362 e. The van der Waals surface area contributed by atoms with Crippen LogP contribution in [0.5, 0.6) is 0 Å². The first-order valence-corrected chi connectivity index (χ1v) is 22.2. The number of carboxylic acids is 1. The SMILES string of the molecule is CCCCCCCC/C=C/CCCCCC(=O)OC(COCCC(C(=O)O)[N+](C)(C)C)COC(=O)CCCCCCCCCCCCCCCCCC. The lowest BCUT2D eigenvalue weighted by Gasteiger charge is -2.31. The average molecular weight is 753 g/mol. The fraction of sp³-hybridized carbons (Fsp3) is 0.889. The number of likely N-dealkylation sites (N-methyl/N-ethyl adjacent to an activating group) is 1. The summed E-state index contributed by atoms with van der Waals surface area (Å²) in [6.45, 7) is 4.73. The number of aliphatic carboxylic acids is 1. The molecule has 0 rings (SSSR count). The van der Waals surface area contributed by atoms with Crippen LogP contribution in [0, 0.1) is 0 Å². The molecule has 0 aromatic carbocycles. The molecule has 0 saturated carbocycles. The number of unbranched alkanes of at least 4 members (excludes halogenated alkanes) is 24. The Bertz CT molecular complexity index is 885. The third-order valence-corrected chi connectivity index (χ3v) is 10.2. The third kappa shape index (κ3) is 35.5. The summed E-state index contributed by atoms with van der Waals surface area (Å²) in [4.78, 5) is 36.9. The van der Waals surface area contributed by atoms with Crippen LogP contribution in [0.3, 0.4) is 0 Å². The smallest absolute Gasteiger partial charge is 0.362 e. The molecule has 0 bridgehead atoms. The molecule has 8 nitrogen and oxygen atoms in total. The van der Waals surface area contributed by atoms with Crippen molar-refractivity contribution in [2.45, 2.75) is 219 Å². The Morgan fingerprint density at radius 2 is 0.943 bits per heavy atom. The number of carbonyl (C=O) groups excluding carboxylic acids is 2. The zero-order chi connectivity index (χ0) is 39.3. The molecule has 0 amide bonds. The van der Waals surface area contributed by atoms with Crippen molar-refractivity contribution in [1.29, 1.82) is 0 Å². The van der Waals surface area contributed by atoms with Crippen LogP contribution in [0.4, 0.5) is 0 Å². The molecule has 0 spiro atoms. The van der Waals surface area contributed by atoms with E-state index in [0.29, 0.717) is 19.3 Å². The number of nitrogens with zero attached hydrogens (tertiary/aromatic N) is 1. The van der Waals surface area contributed by atoms with Gasteiger partial charge in [-0.3, -0.25) is 9.59 Å². The second kappa shape index (κ2) is 37.0. The molecule has 0 aliphatic rings. The van der Waals surface area contributed by atoms with Crippen molar-refractivity contribution in [3.63, 3.8) is 0 Å². The molecule has 2 unspecified atom stereocenters. The maximum atomic E-state index is 12.7. The molecule has 0 heterocycles. The van der Waals surface area contributed by atoms with Crippen molar-refractivity contribution in [3.05, 3.63) is 12.2 Å². The molecule has 53 heavy (non-hydrogen) atoms. The summed E-state index contributed by atoms with van der Waals surface area (Å²) in [7, 11) is 5.53. The summed E-state index contributed by atoms with van der Waals surface area (Å²) in [5.41, 5.74) is 0. The molecule has 0 fully saturated rings. The van der Waals surface area contributed by atoms with Gasteiger partial charge in [-0.2, -0.15) is 0 Å². The van der Waals surface area contributed by atoms with Crippen LogP contribution >= 0.6 is 0 Å². The summed E-state index contributed by atoms with van der Waals surface area (Å²) in [5.74, 6) is -1.47. The van der Waals surface area contributed by atoms with Gasteiger partial charge in [-0.1, -0.05) is 161 Å². The first-order chi connectivity index (χ1) is 25.6. The molecule has 312 valence electrons. The highest BCUT2D eigenvalue weighted by molar-refractivity contribution is 5.72. The third-order valence-electron chi connectivity index (χ3n) is 10.2. The van der Waals surface area contributed by atoms with Crippen LogP contribution in [0.1, 0.15) is 206 Å². The number of carbonyl (C=O) groups is 3. The number of quaternary nitrogens is 1. The predicted molar refractivity (Wildman–Crippen MR) is 220 cm³/mol. The van der Waals surface area contributed by atoms with E-state index in [9.17, 15) is 19.5 Å². The number of carboxylic acid groups (broad SMARTS) is 1. The average Bonchev–Trinajstić information content (AvgIpc) is 3.11. The fourth-order valence-corrected chi connectivity index (χ4v) is 6.67. The molecule has 1 N–H and O–H groups in total. The van der Waals surface area contributed by atoms with Gasteiger partial charge in [0, 0.05) is 19.3 Å². The quantitative estimate of drug-likeness (QED) is 0.0288. The number of allylic oxidation sites excluding steroid dienone is 2. The number of rotatable bonds is 40. The highest BCUT2D eigenvalue weighted by Crippen LogP contribution is 2.15. The maximum absolute atomic E-state index is 12.7. The Hall–Kier alpha value is -1.93. The van der Waals surface area contributed by atoms with Crippen LogP contribution < -0.4 is 0 Å². The molecule has 2 atom stereocenters. The van der Waals surface area contributed by atoms with Crippen LogP contribution in [-0.4, -0.2) is 80.6 Å². The first kappa shape index (κ1) is 51.1. The Kier molecular flexibility index (Phi) is 35.7. The molecule has 0 saturated heterocycles. The number of hydrogen-bond acceptors (Lipinski definition) is 6. The van der Waals surface area contributed by atoms with E-state index in [2.05, 4.69) is 26.0 Å². The predicted octanol–water partition coefficient (Wildman–Crippen LogP) is 11.9. The molecular weight excluding hydrogens is 666 g/mol. The van der Waals surface area contributed by atoms with Gasteiger partial charge in [0.05, 0.1) is 34.4 Å². The molecule has 0 aliphatic heterocycles. The van der Waals surface area contributed by atoms with Gasteiger partial charge in [0.25, 0.3) is 0 Å². The van der Waals surface area contributed by atoms with E-state index >= 15 is 0 Å². The van der Waals surface area contributed by atoms with Gasteiger partial charge in [-0.05, 0) is 38.5 Å². The van der Waals surface area contributed by atoms with E-state index in [4.69, 9.17) is 14.2 Å². The van der Waals surface area contributed by atoms with Gasteiger partial charge >= 0.3 is 17.9 Å². The summed E-state index contributed by atoms with van der Waals surface area (Å²) in [6.07, 6.45) is 38.2. The minimum Gasteiger partial charge on any atom is -0.477 e. The molecule has 0 aliphatic carbocycles. The molecule has 8 heteroatoms. The van der Waals surface area contributed by atoms with Crippen molar-refractivity contribution in [3.8, 4) is 0 Å². The van der Waals surface area contributed by atoms with Crippen molar-refractivity contribution in [2.24, 2.45) is 0 Å². The highest BCUT2D eigenvalue weighted by atomic mass is 16.6. The van der Waals surface area contributed by atoms with Crippen LogP contribution in [0.15, 0.2) is 12.2 Å². The Morgan fingerprint density at radius 3 is 1.38 bits per heavy atom. The van der Waals surface area contributed by atoms with E-state index in [-0.39, 0.29) is 36.2 Å². The molecular formula is C45H86NO7+. The Balaban J connectivity index is 4.32. The van der Waals surface area contributed by atoms with Crippen LogP contribution in [0.2, 0.25) is 0 Å². The van der Waals surface area contributed by atoms with E-state index in [1.165, 1.54) is 122 Å². The molecule has 0 radical (unpaired) electrons. The second-order valence-electron chi connectivity index (χ2n) is 16.3. The summed E-state index contributed by atoms with van der Waals surface area (Å²) >= 11 is 0. The number of hydrogen-bond donors (Lipinski definition) is 1. The van der Waals surface area contributed by atoms with Gasteiger partial charge in [-0.15, -0.1) is 0 Å². The Labute approximate surface area is 327 Å². The summed E-state index contributed by atoms with van der Waals surface area (Å²) in [6, 6.07) is -0.612. The summed E-state index contributed by atoms with van der Waals surface area (Å²) in [5, 5.41) is 9.61. The lowest BCUT2D eigenvalue weighted by atomic mass is 10.0. The summed E-state index contributed by atoms with van der Waals surface area (Å²) < 4.78 is 17.3. The normalized spacial score (nSPS) is 13.0. The number of ether oxygens (including phenoxy) is 3. The molecule has 0 aromatic heterocycles. The van der Waals surface area contributed by atoms with Gasteiger partial charge in [0.2, 0.25) is 0 Å². The largest absolute Gasteiger partial charge is 0.477 e. The highest BCUT2D eigenvalue weighted by Gasteiger charge is 2.31. The van der Waals surface area contributed by atoms with Gasteiger partial charge in [-0.25, -0.2) is 4.79 Å². The number of esters is 2. The molecule has 0 aromatic rings. The first-order valence-electron chi connectivity index (χ1n) is 22.2. The van der Waals surface area contributed by atoms with Crippen molar-refractivity contribution < 1.29 is 38.2 Å².